The van der Waals surface area contributed by atoms with Crippen LogP contribution in [0.5, 0.6) is 0 Å². The van der Waals surface area contributed by atoms with Gasteiger partial charge in [0.2, 0.25) is 0 Å². The van der Waals surface area contributed by atoms with Gasteiger partial charge in [0.05, 0.1) is 13.3 Å². The smallest absolute Gasteiger partial charge is 0.333 e. The number of methoxy groups -OCH3 is 1. The number of rotatable bonds is 5. The van der Waals surface area contributed by atoms with E-state index in [9.17, 15) is 4.79 Å². The van der Waals surface area contributed by atoms with E-state index in [1.165, 1.54) is 7.11 Å². The Morgan fingerprint density at radius 1 is 1.42 bits per heavy atom. The van der Waals surface area contributed by atoms with Gasteiger partial charge < -0.3 is 10.1 Å². The molecule has 0 aliphatic carbocycles. The molecule has 2 aromatic rings. The number of hydrogen-bond donors (Lipinski definition) is 1. The molecule has 0 spiro atoms. The van der Waals surface area contributed by atoms with Crippen molar-refractivity contribution in [3.8, 4) is 0 Å². The average molecular weight is 259 g/mol. The summed E-state index contributed by atoms with van der Waals surface area (Å²) in [6, 6.07) is 9.00. The lowest BCUT2D eigenvalue weighted by Gasteiger charge is -2.16. The van der Waals surface area contributed by atoms with Crippen molar-refractivity contribution in [2.75, 3.05) is 12.4 Å². The van der Waals surface area contributed by atoms with Crippen LogP contribution < -0.4 is 5.32 Å². The highest BCUT2D eigenvalue weighted by molar-refractivity contribution is 5.80. The van der Waals surface area contributed by atoms with Gasteiger partial charge in [0, 0.05) is 24.0 Å². The van der Waals surface area contributed by atoms with Gasteiger partial charge in [0.15, 0.2) is 6.04 Å². The number of esters is 1. The van der Waals surface area contributed by atoms with Crippen molar-refractivity contribution in [1.82, 2.24) is 9.78 Å². The van der Waals surface area contributed by atoms with Crippen LogP contribution in [0, 0.1) is 0 Å². The largest absolute Gasteiger partial charge is 0.467 e. The average Bonchev–Trinajstić information content (AvgIpc) is 2.93. The summed E-state index contributed by atoms with van der Waals surface area (Å²) < 4.78 is 6.62. The maximum absolute atomic E-state index is 11.9. The van der Waals surface area contributed by atoms with Crippen LogP contribution in [0.3, 0.4) is 0 Å². The molecule has 5 heteroatoms. The Balaban J connectivity index is 2.23. The Hall–Kier alpha value is -2.30. The topological polar surface area (TPSA) is 56.2 Å². The molecule has 1 aromatic carbocycles. The second kappa shape index (κ2) is 6.04. The van der Waals surface area contributed by atoms with Gasteiger partial charge in [-0.05, 0) is 19.1 Å². The lowest BCUT2D eigenvalue weighted by Crippen LogP contribution is -2.21. The molecule has 1 N–H and O–H groups in total. The standard InChI is InChI=1S/C14H17N3O2/c1-3-17-10-11(9-15-17)13(14(18)19-2)16-12-7-5-4-6-8-12/h4-10,13,16H,3H2,1-2H3. The van der Waals surface area contributed by atoms with Crippen LogP contribution in [-0.4, -0.2) is 22.9 Å². The van der Waals surface area contributed by atoms with Crippen LogP contribution in [0.2, 0.25) is 0 Å². The molecular weight excluding hydrogens is 242 g/mol. The minimum absolute atomic E-state index is 0.334. The van der Waals surface area contributed by atoms with Crippen molar-refractivity contribution in [2.24, 2.45) is 0 Å². The molecule has 2 rings (SSSR count). The molecule has 0 amide bonds. The number of para-hydroxylation sites is 1. The van der Waals surface area contributed by atoms with Crippen molar-refractivity contribution in [3.05, 3.63) is 48.3 Å². The highest BCUT2D eigenvalue weighted by atomic mass is 16.5. The molecule has 0 fully saturated rings. The monoisotopic (exact) mass is 259 g/mol. The first-order valence-electron chi connectivity index (χ1n) is 6.16. The van der Waals surface area contributed by atoms with Gasteiger partial charge in [-0.3, -0.25) is 4.68 Å². The number of carbonyl (C=O) groups is 1. The van der Waals surface area contributed by atoms with E-state index < -0.39 is 6.04 Å². The Morgan fingerprint density at radius 2 is 2.16 bits per heavy atom. The zero-order chi connectivity index (χ0) is 13.7. The molecule has 0 aliphatic heterocycles. The number of ether oxygens (including phenoxy) is 1. The summed E-state index contributed by atoms with van der Waals surface area (Å²) in [5, 5.41) is 7.34. The third-order valence-electron chi connectivity index (χ3n) is 2.83. The maximum Gasteiger partial charge on any atom is 0.333 e. The Labute approximate surface area is 112 Å². The van der Waals surface area contributed by atoms with Crippen LogP contribution in [-0.2, 0) is 16.1 Å². The van der Waals surface area contributed by atoms with E-state index in [-0.39, 0.29) is 5.97 Å². The highest BCUT2D eigenvalue weighted by Crippen LogP contribution is 2.20. The van der Waals surface area contributed by atoms with Gasteiger partial charge in [-0.2, -0.15) is 5.10 Å². The van der Waals surface area contributed by atoms with E-state index in [4.69, 9.17) is 4.74 Å². The predicted molar refractivity (Wildman–Crippen MR) is 72.7 cm³/mol. The second-order valence-electron chi connectivity index (χ2n) is 4.10. The van der Waals surface area contributed by atoms with E-state index in [0.29, 0.717) is 0 Å². The van der Waals surface area contributed by atoms with Gasteiger partial charge >= 0.3 is 5.97 Å². The zero-order valence-corrected chi connectivity index (χ0v) is 11.0. The molecule has 1 atom stereocenters. The normalized spacial score (nSPS) is 11.9. The lowest BCUT2D eigenvalue weighted by atomic mass is 10.1. The van der Waals surface area contributed by atoms with Gasteiger partial charge in [-0.25, -0.2) is 4.79 Å². The van der Waals surface area contributed by atoms with Crippen molar-refractivity contribution in [2.45, 2.75) is 19.5 Å². The third-order valence-corrected chi connectivity index (χ3v) is 2.83. The number of nitrogens with zero attached hydrogens (tertiary/aromatic N) is 2. The fraction of sp³-hybridized carbons (Fsp3) is 0.286. The number of nitrogens with one attached hydrogen (secondary N) is 1. The van der Waals surface area contributed by atoms with E-state index >= 15 is 0 Å². The Morgan fingerprint density at radius 3 is 2.74 bits per heavy atom. The SMILES string of the molecule is CCn1cc(C(Nc2ccccc2)C(=O)OC)cn1. The first-order chi connectivity index (χ1) is 9.24. The summed E-state index contributed by atoms with van der Waals surface area (Å²) in [6.07, 6.45) is 3.53. The number of aromatic nitrogens is 2. The molecule has 5 nitrogen and oxygen atoms in total. The highest BCUT2D eigenvalue weighted by Gasteiger charge is 2.22. The summed E-state index contributed by atoms with van der Waals surface area (Å²) in [5.41, 5.74) is 1.65. The molecule has 1 aromatic heterocycles. The van der Waals surface area contributed by atoms with Crippen molar-refractivity contribution >= 4 is 11.7 Å². The first-order valence-corrected chi connectivity index (χ1v) is 6.16. The molecule has 0 radical (unpaired) electrons. The van der Waals surface area contributed by atoms with Gasteiger partial charge in [0.25, 0.3) is 0 Å². The molecule has 0 saturated heterocycles. The Bertz CT molecular complexity index is 537. The van der Waals surface area contributed by atoms with Gasteiger partial charge in [-0.1, -0.05) is 18.2 Å². The molecule has 0 saturated carbocycles. The van der Waals surface area contributed by atoms with Crippen molar-refractivity contribution in [3.63, 3.8) is 0 Å². The molecule has 19 heavy (non-hydrogen) atoms. The minimum Gasteiger partial charge on any atom is -0.467 e. The number of carbonyl (C=O) groups excluding carboxylic acids is 1. The molecule has 0 aliphatic rings. The van der Waals surface area contributed by atoms with Crippen molar-refractivity contribution in [1.29, 1.82) is 0 Å². The number of aryl methyl sites for hydroxylation is 1. The van der Waals surface area contributed by atoms with Crippen LogP contribution in [0.4, 0.5) is 5.69 Å². The predicted octanol–water partition coefficient (Wildman–Crippen LogP) is 2.23. The quantitative estimate of drug-likeness (QED) is 0.837. The fourth-order valence-electron chi connectivity index (χ4n) is 1.80. The molecule has 0 bridgehead atoms. The summed E-state index contributed by atoms with van der Waals surface area (Å²) in [4.78, 5) is 11.9. The summed E-state index contributed by atoms with van der Waals surface area (Å²) >= 11 is 0. The van der Waals surface area contributed by atoms with Gasteiger partial charge in [-0.15, -0.1) is 0 Å². The molecule has 1 unspecified atom stereocenters. The van der Waals surface area contributed by atoms with Gasteiger partial charge in [0.1, 0.15) is 0 Å². The zero-order valence-electron chi connectivity index (χ0n) is 11.0. The van der Waals surface area contributed by atoms with E-state index in [1.54, 1.807) is 10.9 Å². The maximum atomic E-state index is 11.9. The van der Waals surface area contributed by atoms with Crippen LogP contribution >= 0.6 is 0 Å². The minimum atomic E-state index is -0.548. The number of benzene rings is 1. The summed E-state index contributed by atoms with van der Waals surface area (Å²) in [7, 11) is 1.38. The number of hydrogen-bond acceptors (Lipinski definition) is 4. The number of anilines is 1. The van der Waals surface area contributed by atoms with E-state index in [2.05, 4.69) is 10.4 Å². The lowest BCUT2D eigenvalue weighted by molar-refractivity contribution is -0.141. The van der Waals surface area contributed by atoms with Crippen LogP contribution in [0.25, 0.3) is 0 Å². The molecular formula is C14H17N3O2. The second-order valence-corrected chi connectivity index (χ2v) is 4.10. The summed E-state index contributed by atoms with van der Waals surface area (Å²) in [6.45, 7) is 2.76. The van der Waals surface area contributed by atoms with E-state index in [0.717, 1.165) is 17.8 Å². The van der Waals surface area contributed by atoms with Crippen molar-refractivity contribution < 1.29 is 9.53 Å². The Kier molecular flexibility index (Phi) is 4.18. The first kappa shape index (κ1) is 13.1. The summed E-state index contributed by atoms with van der Waals surface area (Å²) in [5.74, 6) is -0.334. The van der Waals surface area contributed by atoms with Crippen LogP contribution in [0.15, 0.2) is 42.7 Å². The fourth-order valence-corrected chi connectivity index (χ4v) is 1.80. The van der Waals surface area contributed by atoms with Crippen LogP contribution in [0.1, 0.15) is 18.5 Å². The molecule has 100 valence electrons. The molecule has 1 heterocycles. The third kappa shape index (κ3) is 3.13. The van der Waals surface area contributed by atoms with E-state index in [1.807, 2.05) is 43.5 Å².